The van der Waals surface area contributed by atoms with Gasteiger partial charge in [0.25, 0.3) is 11.8 Å². The van der Waals surface area contributed by atoms with E-state index in [1.807, 2.05) is 19.1 Å². The molecule has 0 atom stereocenters. The molecule has 2 aromatic carbocycles. The quantitative estimate of drug-likeness (QED) is 0.724. The van der Waals surface area contributed by atoms with Crippen LogP contribution < -0.4 is 10.9 Å². The first-order valence-electron chi connectivity index (χ1n) is 8.98. The number of amides is 2. The number of hydrazine groups is 1. The van der Waals surface area contributed by atoms with Gasteiger partial charge in [0.1, 0.15) is 0 Å². The van der Waals surface area contributed by atoms with E-state index in [4.69, 9.17) is 0 Å². The molecule has 0 spiro atoms. The van der Waals surface area contributed by atoms with Gasteiger partial charge in [-0.1, -0.05) is 37.6 Å². The molecule has 0 saturated carbocycles. The molecule has 8 heteroatoms. The molecule has 28 heavy (non-hydrogen) atoms. The number of hydrogen-bond donors (Lipinski definition) is 2. The Kier molecular flexibility index (Phi) is 6.93. The topological polar surface area (TPSA) is 95.6 Å². The van der Waals surface area contributed by atoms with Gasteiger partial charge in [0.05, 0.1) is 4.90 Å². The van der Waals surface area contributed by atoms with Gasteiger partial charge in [-0.3, -0.25) is 20.4 Å². The Morgan fingerprint density at radius 2 is 1.57 bits per heavy atom. The summed E-state index contributed by atoms with van der Waals surface area (Å²) < 4.78 is 26.5. The number of hydrogen-bond acceptors (Lipinski definition) is 4. The van der Waals surface area contributed by atoms with Crippen molar-refractivity contribution in [1.82, 2.24) is 15.2 Å². The number of aryl methyl sites for hydroxylation is 2. The fourth-order valence-electron chi connectivity index (χ4n) is 2.74. The number of carbonyl (C=O) groups excluding carboxylic acids is 2. The third kappa shape index (κ3) is 4.76. The first-order valence-corrected chi connectivity index (χ1v) is 10.4. The van der Waals surface area contributed by atoms with E-state index < -0.39 is 21.8 Å². The van der Waals surface area contributed by atoms with Gasteiger partial charge in [0.2, 0.25) is 10.0 Å². The van der Waals surface area contributed by atoms with Gasteiger partial charge in [-0.15, -0.1) is 0 Å². The molecule has 0 aliphatic carbocycles. The molecular weight excluding hydrogens is 378 g/mol. The molecular formula is C20H25N3O4S. The van der Waals surface area contributed by atoms with Crippen LogP contribution in [0.3, 0.4) is 0 Å². The van der Waals surface area contributed by atoms with Crippen molar-refractivity contribution < 1.29 is 18.0 Å². The summed E-state index contributed by atoms with van der Waals surface area (Å²) in [4.78, 5) is 24.7. The minimum Gasteiger partial charge on any atom is -0.267 e. The highest BCUT2D eigenvalue weighted by molar-refractivity contribution is 7.89. The van der Waals surface area contributed by atoms with Crippen LogP contribution >= 0.6 is 0 Å². The molecule has 2 amide bonds. The number of nitrogens with one attached hydrogen (secondary N) is 2. The van der Waals surface area contributed by atoms with Crippen molar-refractivity contribution in [1.29, 1.82) is 0 Å². The molecule has 0 unspecified atom stereocenters. The molecule has 0 aliphatic heterocycles. The smallest absolute Gasteiger partial charge is 0.267 e. The average molecular weight is 404 g/mol. The minimum absolute atomic E-state index is 0.0321. The molecule has 7 nitrogen and oxygen atoms in total. The third-order valence-electron chi connectivity index (χ3n) is 4.37. The largest absolute Gasteiger partial charge is 0.269 e. The zero-order chi connectivity index (χ0) is 20.9. The van der Waals surface area contributed by atoms with E-state index >= 15 is 0 Å². The van der Waals surface area contributed by atoms with E-state index in [0.717, 1.165) is 11.1 Å². The van der Waals surface area contributed by atoms with E-state index in [-0.39, 0.29) is 10.5 Å². The first-order chi connectivity index (χ1) is 13.2. The number of sulfonamides is 1. The summed E-state index contributed by atoms with van der Waals surface area (Å²) in [6, 6.07) is 11.2. The maximum atomic E-state index is 12.6. The minimum atomic E-state index is -3.68. The van der Waals surface area contributed by atoms with Crippen LogP contribution in [0.15, 0.2) is 47.4 Å². The first kappa shape index (κ1) is 21.6. The molecule has 0 heterocycles. The molecule has 2 aromatic rings. The Morgan fingerprint density at radius 3 is 2.21 bits per heavy atom. The van der Waals surface area contributed by atoms with E-state index in [0.29, 0.717) is 18.7 Å². The molecule has 150 valence electrons. The van der Waals surface area contributed by atoms with Crippen molar-refractivity contribution in [2.24, 2.45) is 0 Å². The summed E-state index contributed by atoms with van der Waals surface area (Å²) in [6.07, 6.45) is 0. The standard InChI is InChI=1S/C20H25N3O4S/c1-5-23(6-2)28(26,27)17-9-7-8-16(13-17)19(24)21-22-20(25)18-12-14(3)10-11-15(18)4/h7-13H,5-6H2,1-4H3,(H,21,24)(H,22,25). The summed E-state index contributed by atoms with van der Waals surface area (Å²) >= 11 is 0. The zero-order valence-corrected chi connectivity index (χ0v) is 17.3. The fourth-order valence-corrected chi connectivity index (χ4v) is 4.25. The summed E-state index contributed by atoms with van der Waals surface area (Å²) in [7, 11) is -3.68. The lowest BCUT2D eigenvalue weighted by Crippen LogP contribution is -2.42. The summed E-state index contributed by atoms with van der Waals surface area (Å²) in [6.45, 7) is 7.84. The fraction of sp³-hybridized carbons (Fsp3) is 0.300. The molecule has 0 radical (unpaired) electrons. The van der Waals surface area contributed by atoms with Crippen molar-refractivity contribution in [3.8, 4) is 0 Å². The highest BCUT2D eigenvalue weighted by Crippen LogP contribution is 2.17. The van der Waals surface area contributed by atoms with Crippen molar-refractivity contribution in [3.63, 3.8) is 0 Å². The second kappa shape index (κ2) is 8.99. The second-order valence-electron chi connectivity index (χ2n) is 6.34. The summed E-state index contributed by atoms with van der Waals surface area (Å²) in [5.41, 5.74) is 7.00. The maximum Gasteiger partial charge on any atom is 0.269 e. The Balaban J connectivity index is 2.15. The van der Waals surface area contributed by atoms with Crippen LogP contribution in [0.25, 0.3) is 0 Å². The molecule has 2 rings (SSSR count). The molecule has 0 aliphatic rings. The molecule has 0 fully saturated rings. The van der Waals surface area contributed by atoms with Crippen LogP contribution in [0, 0.1) is 13.8 Å². The number of benzene rings is 2. The predicted octanol–water partition coefficient (Wildman–Crippen LogP) is 2.41. The third-order valence-corrected chi connectivity index (χ3v) is 6.41. The molecule has 2 N–H and O–H groups in total. The van der Waals surface area contributed by atoms with Crippen LogP contribution in [-0.4, -0.2) is 37.6 Å². The molecule has 0 bridgehead atoms. The number of carbonyl (C=O) groups is 2. The van der Waals surface area contributed by atoms with Crippen LogP contribution in [0.4, 0.5) is 0 Å². The highest BCUT2D eigenvalue weighted by atomic mass is 32.2. The van der Waals surface area contributed by atoms with E-state index in [9.17, 15) is 18.0 Å². The molecule has 0 saturated heterocycles. The van der Waals surface area contributed by atoms with Crippen molar-refractivity contribution in [3.05, 3.63) is 64.7 Å². The van der Waals surface area contributed by atoms with Gasteiger partial charge in [0, 0.05) is 24.2 Å². The zero-order valence-electron chi connectivity index (χ0n) is 16.4. The normalized spacial score (nSPS) is 11.3. The lowest BCUT2D eigenvalue weighted by molar-refractivity contribution is 0.0846. The van der Waals surface area contributed by atoms with Gasteiger partial charge in [0.15, 0.2) is 0 Å². The lowest BCUT2D eigenvalue weighted by atomic mass is 10.1. The Morgan fingerprint density at radius 1 is 0.929 bits per heavy atom. The molecule has 0 aromatic heterocycles. The highest BCUT2D eigenvalue weighted by Gasteiger charge is 2.22. The van der Waals surface area contributed by atoms with Crippen LogP contribution in [-0.2, 0) is 10.0 Å². The van der Waals surface area contributed by atoms with Gasteiger partial charge >= 0.3 is 0 Å². The Hall–Kier alpha value is -2.71. The average Bonchev–Trinajstić information content (AvgIpc) is 2.68. The van der Waals surface area contributed by atoms with E-state index in [1.165, 1.54) is 28.6 Å². The SMILES string of the molecule is CCN(CC)S(=O)(=O)c1cccc(C(=O)NNC(=O)c2cc(C)ccc2C)c1. The van der Waals surface area contributed by atoms with Gasteiger partial charge in [-0.25, -0.2) is 8.42 Å². The lowest BCUT2D eigenvalue weighted by Gasteiger charge is -2.18. The second-order valence-corrected chi connectivity index (χ2v) is 8.28. The van der Waals surface area contributed by atoms with Crippen LogP contribution in [0.2, 0.25) is 0 Å². The van der Waals surface area contributed by atoms with Crippen LogP contribution in [0.1, 0.15) is 45.7 Å². The van der Waals surface area contributed by atoms with E-state index in [1.54, 1.807) is 26.8 Å². The van der Waals surface area contributed by atoms with Gasteiger partial charge < -0.3 is 0 Å². The Labute approximate surface area is 165 Å². The summed E-state index contributed by atoms with van der Waals surface area (Å²) in [5, 5.41) is 0. The van der Waals surface area contributed by atoms with Crippen molar-refractivity contribution in [2.75, 3.05) is 13.1 Å². The maximum absolute atomic E-state index is 12.6. The van der Waals surface area contributed by atoms with Crippen LogP contribution in [0.5, 0.6) is 0 Å². The number of nitrogens with zero attached hydrogens (tertiary/aromatic N) is 1. The summed E-state index contributed by atoms with van der Waals surface area (Å²) in [5.74, 6) is -1.04. The van der Waals surface area contributed by atoms with Crippen molar-refractivity contribution >= 4 is 21.8 Å². The predicted molar refractivity (Wildman–Crippen MR) is 107 cm³/mol. The van der Waals surface area contributed by atoms with Gasteiger partial charge in [-0.05, 0) is 43.7 Å². The Bertz CT molecular complexity index is 983. The van der Waals surface area contributed by atoms with E-state index in [2.05, 4.69) is 10.9 Å². The van der Waals surface area contributed by atoms with Gasteiger partial charge in [-0.2, -0.15) is 4.31 Å². The number of rotatable bonds is 6. The van der Waals surface area contributed by atoms with Crippen molar-refractivity contribution in [2.45, 2.75) is 32.6 Å². The monoisotopic (exact) mass is 403 g/mol.